The van der Waals surface area contributed by atoms with Gasteiger partial charge in [0.2, 0.25) is 0 Å². The first-order chi connectivity index (χ1) is 7.60. The average Bonchev–Trinajstić information content (AvgIpc) is 2.29. The third-order valence-electron chi connectivity index (χ3n) is 2.74. The summed E-state index contributed by atoms with van der Waals surface area (Å²) >= 11 is 0. The van der Waals surface area contributed by atoms with Gasteiger partial charge in [-0.2, -0.15) is 0 Å². The summed E-state index contributed by atoms with van der Waals surface area (Å²) in [4.78, 5) is 0. The Kier molecular flexibility index (Phi) is 4.77. The smallest absolute Gasteiger partial charge is 0.124 e. The average molecular weight is 222 g/mol. The minimum atomic E-state index is -0.147. The van der Waals surface area contributed by atoms with Crippen molar-refractivity contribution in [3.05, 3.63) is 28.8 Å². The van der Waals surface area contributed by atoms with Gasteiger partial charge in [-0.25, -0.2) is 0 Å². The van der Waals surface area contributed by atoms with Crippen molar-refractivity contribution in [3.8, 4) is 5.75 Å². The van der Waals surface area contributed by atoms with Crippen molar-refractivity contribution in [1.82, 2.24) is 0 Å². The molecular formula is C13H22N2O. The van der Waals surface area contributed by atoms with E-state index < -0.39 is 0 Å². The first-order valence-corrected chi connectivity index (χ1v) is 5.79. The second kappa shape index (κ2) is 5.87. The number of ether oxygens (including phenoxy) is 1. The Labute approximate surface area is 97.8 Å². The molecule has 90 valence electrons. The zero-order valence-corrected chi connectivity index (χ0v) is 10.4. The molecule has 0 fully saturated rings. The summed E-state index contributed by atoms with van der Waals surface area (Å²) in [6.45, 7) is 7.39. The predicted molar refractivity (Wildman–Crippen MR) is 67.7 cm³/mol. The second-order valence-electron chi connectivity index (χ2n) is 4.16. The quantitative estimate of drug-likeness (QED) is 0.801. The molecule has 0 amide bonds. The Bertz CT molecular complexity index is 350. The van der Waals surface area contributed by atoms with E-state index in [1.165, 1.54) is 11.1 Å². The lowest BCUT2D eigenvalue weighted by Crippen LogP contribution is -2.22. The number of nitrogens with two attached hydrogens (primary N) is 2. The summed E-state index contributed by atoms with van der Waals surface area (Å²) in [5.41, 5.74) is 15.0. The minimum Gasteiger partial charge on any atom is -0.493 e. The van der Waals surface area contributed by atoms with E-state index in [2.05, 4.69) is 32.9 Å². The van der Waals surface area contributed by atoms with Crippen molar-refractivity contribution in [3.63, 3.8) is 0 Å². The van der Waals surface area contributed by atoms with Gasteiger partial charge in [0.1, 0.15) is 5.75 Å². The van der Waals surface area contributed by atoms with E-state index in [9.17, 15) is 0 Å². The first kappa shape index (κ1) is 13.0. The molecule has 0 aliphatic carbocycles. The number of benzene rings is 1. The lowest BCUT2D eigenvalue weighted by Gasteiger charge is -2.17. The molecule has 1 aromatic carbocycles. The van der Waals surface area contributed by atoms with Crippen LogP contribution >= 0.6 is 0 Å². The van der Waals surface area contributed by atoms with E-state index in [1.54, 1.807) is 0 Å². The predicted octanol–water partition coefficient (Wildman–Crippen LogP) is 2.05. The van der Waals surface area contributed by atoms with Crippen molar-refractivity contribution in [2.75, 3.05) is 13.2 Å². The highest BCUT2D eigenvalue weighted by Gasteiger charge is 2.12. The Morgan fingerprint density at radius 1 is 1.25 bits per heavy atom. The van der Waals surface area contributed by atoms with Crippen LogP contribution in [-0.2, 0) is 0 Å². The molecule has 4 N–H and O–H groups in total. The van der Waals surface area contributed by atoms with Crippen molar-refractivity contribution >= 4 is 0 Å². The van der Waals surface area contributed by atoms with E-state index >= 15 is 0 Å². The maximum atomic E-state index is 5.98. The summed E-state index contributed by atoms with van der Waals surface area (Å²) in [6, 6.07) is 3.99. The van der Waals surface area contributed by atoms with Crippen LogP contribution in [0.3, 0.4) is 0 Å². The van der Waals surface area contributed by atoms with Crippen LogP contribution in [0, 0.1) is 13.8 Å². The third-order valence-corrected chi connectivity index (χ3v) is 2.74. The van der Waals surface area contributed by atoms with E-state index in [1.807, 2.05) is 0 Å². The van der Waals surface area contributed by atoms with Crippen molar-refractivity contribution in [1.29, 1.82) is 0 Å². The molecule has 3 heteroatoms. The number of hydrogen-bond acceptors (Lipinski definition) is 3. The van der Waals surface area contributed by atoms with Gasteiger partial charge in [0.05, 0.1) is 6.61 Å². The molecule has 0 aliphatic rings. The second-order valence-corrected chi connectivity index (χ2v) is 4.16. The molecule has 16 heavy (non-hydrogen) atoms. The van der Waals surface area contributed by atoms with Gasteiger partial charge in [-0.1, -0.05) is 13.0 Å². The molecule has 0 saturated heterocycles. The summed E-state index contributed by atoms with van der Waals surface area (Å²) in [5.74, 6) is 0.878. The van der Waals surface area contributed by atoms with Gasteiger partial charge in [0.15, 0.2) is 0 Å². The van der Waals surface area contributed by atoms with Crippen LogP contribution in [0.25, 0.3) is 0 Å². The summed E-state index contributed by atoms with van der Waals surface area (Å²) < 4.78 is 5.71. The van der Waals surface area contributed by atoms with Gasteiger partial charge >= 0.3 is 0 Å². The number of hydrogen-bond donors (Lipinski definition) is 2. The molecule has 0 saturated carbocycles. The Morgan fingerprint density at radius 3 is 2.44 bits per heavy atom. The van der Waals surface area contributed by atoms with Crippen LogP contribution in [0.5, 0.6) is 5.75 Å². The molecule has 1 rings (SSSR count). The highest BCUT2D eigenvalue weighted by molar-refractivity contribution is 5.43. The number of rotatable bonds is 5. The van der Waals surface area contributed by atoms with E-state index in [0.717, 1.165) is 17.7 Å². The largest absolute Gasteiger partial charge is 0.493 e. The highest BCUT2D eigenvalue weighted by atomic mass is 16.5. The molecule has 3 nitrogen and oxygen atoms in total. The molecule has 1 aromatic rings. The van der Waals surface area contributed by atoms with Crippen LogP contribution in [0.2, 0.25) is 0 Å². The summed E-state index contributed by atoms with van der Waals surface area (Å²) in [6.07, 6.45) is 0.990. The van der Waals surface area contributed by atoms with Crippen molar-refractivity contribution in [2.24, 2.45) is 11.5 Å². The topological polar surface area (TPSA) is 61.3 Å². The van der Waals surface area contributed by atoms with Crippen molar-refractivity contribution < 1.29 is 4.74 Å². The first-order valence-electron chi connectivity index (χ1n) is 5.79. The summed E-state index contributed by atoms with van der Waals surface area (Å²) in [7, 11) is 0. The molecule has 0 heterocycles. The molecule has 0 aromatic heterocycles. The Balaban J connectivity index is 3.06. The van der Waals surface area contributed by atoms with Crippen molar-refractivity contribution in [2.45, 2.75) is 33.2 Å². The SMILES string of the molecule is CCCOc1cc(C)c(C)cc1C(N)CN. The highest BCUT2D eigenvalue weighted by Crippen LogP contribution is 2.27. The van der Waals surface area contributed by atoms with Gasteiger partial charge in [-0.15, -0.1) is 0 Å². The van der Waals surface area contributed by atoms with E-state index in [0.29, 0.717) is 13.2 Å². The minimum absolute atomic E-state index is 0.147. The third kappa shape index (κ3) is 2.97. The standard InChI is InChI=1S/C13H22N2O/c1-4-5-16-13-7-10(3)9(2)6-11(13)12(15)8-14/h6-7,12H,4-5,8,14-15H2,1-3H3. The molecular weight excluding hydrogens is 200 g/mol. The fourth-order valence-corrected chi connectivity index (χ4v) is 1.57. The zero-order chi connectivity index (χ0) is 12.1. The van der Waals surface area contributed by atoms with Gasteiger partial charge in [-0.05, 0) is 37.5 Å². The van der Waals surface area contributed by atoms with Gasteiger partial charge in [-0.3, -0.25) is 0 Å². The fraction of sp³-hybridized carbons (Fsp3) is 0.538. The van der Waals surface area contributed by atoms with Crippen LogP contribution in [0.15, 0.2) is 12.1 Å². The normalized spacial score (nSPS) is 12.6. The van der Waals surface area contributed by atoms with E-state index in [4.69, 9.17) is 16.2 Å². The van der Waals surface area contributed by atoms with E-state index in [-0.39, 0.29) is 6.04 Å². The van der Waals surface area contributed by atoms with Gasteiger partial charge < -0.3 is 16.2 Å². The van der Waals surface area contributed by atoms with Gasteiger partial charge in [0.25, 0.3) is 0 Å². The summed E-state index contributed by atoms with van der Waals surface area (Å²) in [5, 5.41) is 0. The van der Waals surface area contributed by atoms with Crippen LogP contribution < -0.4 is 16.2 Å². The van der Waals surface area contributed by atoms with Crippen LogP contribution in [0.4, 0.5) is 0 Å². The maximum Gasteiger partial charge on any atom is 0.124 e. The lowest BCUT2D eigenvalue weighted by atomic mass is 10.00. The molecule has 1 unspecified atom stereocenters. The Morgan fingerprint density at radius 2 is 1.88 bits per heavy atom. The van der Waals surface area contributed by atoms with Crippen LogP contribution in [0.1, 0.15) is 36.1 Å². The molecule has 0 spiro atoms. The molecule has 0 bridgehead atoms. The monoisotopic (exact) mass is 222 g/mol. The fourth-order valence-electron chi connectivity index (χ4n) is 1.57. The lowest BCUT2D eigenvalue weighted by molar-refractivity contribution is 0.312. The zero-order valence-electron chi connectivity index (χ0n) is 10.4. The van der Waals surface area contributed by atoms with Crippen LogP contribution in [-0.4, -0.2) is 13.2 Å². The molecule has 1 atom stereocenters. The van der Waals surface area contributed by atoms with Gasteiger partial charge in [0, 0.05) is 18.2 Å². The Hall–Kier alpha value is -1.06. The molecule has 0 radical (unpaired) electrons. The maximum absolute atomic E-state index is 5.98. The number of aryl methyl sites for hydroxylation is 2. The molecule has 0 aliphatic heterocycles.